The first-order valence-corrected chi connectivity index (χ1v) is 8.50. The van der Waals surface area contributed by atoms with Crippen LogP contribution in [-0.4, -0.2) is 29.2 Å². The van der Waals surface area contributed by atoms with Crippen LogP contribution in [0.5, 0.6) is 11.5 Å². The second kappa shape index (κ2) is 7.35. The number of nitrogens with zero attached hydrogens (tertiary/aromatic N) is 1. The number of methoxy groups -OCH3 is 2. The lowest BCUT2D eigenvalue weighted by Crippen LogP contribution is -2.31. The molecule has 0 radical (unpaired) electrons. The van der Waals surface area contributed by atoms with Crippen molar-refractivity contribution in [3.63, 3.8) is 0 Å². The van der Waals surface area contributed by atoms with Gasteiger partial charge in [-0.1, -0.05) is 18.2 Å². The quantitative estimate of drug-likeness (QED) is 0.719. The molecule has 5 nitrogen and oxygen atoms in total. The average molecular weight is 351 g/mol. The Morgan fingerprint density at radius 3 is 2.38 bits per heavy atom. The number of rotatable bonds is 7. The van der Waals surface area contributed by atoms with E-state index >= 15 is 0 Å². The van der Waals surface area contributed by atoms with E-state index in [4.69, 9.17) is 9.47 Å². The molecule has 0 heterocycles. The number of hydrogen-bond donors (Lipinski definition) is 0. The van der Waals surface area contributed by atoms with Crippen LogP contribution in [0.1, 0.15) is 0 Å². The van der Waals surface area contributed by atoms with Crippen LogP contribution in [0.4, 0.5) is 10.1 Å². The van der Waals surface area contributed by atoms with Crippen molar-refractivity contribution in [2.24, 2.45) is 0 Å². The number of benzene rings is 2. The lowest BCUT2D eigenvalue weighted by molar-refractivity contribution is 0.385. The first-order chi connectivity index (χ1) is 11.5. The predicted octanol–water partition coefficient (Wildman–Crippen LogP) is 3.22. The lowest BCUT2D eigenvalue weighted by atomic mass is 10.3. The molecule has 128 valence electrons. The summed E-state index contributed by atoms with van der Waals surface area (Å²) in [5.41, 5.74) is 0.344. The first-order valence-electron chi connectivity index (χ1n) is 7.06. The predicted molar refractivity (Wildman–Crippen MR) is 90.7 cm³/mol. The SMILES string of the molecule is C=CCN(c1ccccc1OC)S(=O)(=O)c1ccc(OC)c(F)c1. The highest BCUT2D eigenvalue weighted by Gasteiger charge is 2.27. The highest BCUT2D eigenvalue weighted by Crippen LogP contribution is 2.33. The zero-order chi connectivity index (χ0) is 17.7. The molecule has 0 saturated carbocycles. The summed E-state index contributed by atoms with van der Waals surface area (Å²) in [5, 5.41) is 0. The lowest BCUT2D eigenvalue weighted by Gasteiger charge is -2.25. The van der Waals surface area contributed by atoms with E-state index in [2.05, 4.69) is 6.58 Å². The number of anilines is 1. The fraction of sp³-hybridized carbons (Fsp3) is 0.176. The highest BCUT2D eigenvalue weighted by atomic mass is 32.2. The molecule has 0 atom stereocenters. The number of hydrogen-bond acceptors (Lipinski definition) is 4. The van der Waals surface area contributed by atoms with E-state index in [9.17, 15) is 12.8 Å². The normalized spacial score (nSPS) is 11.0. The van der Waals surface area contributed by atoms with Crippen molar-refractivity contribution in [3.05, 3.63) is 60.9 Å². The van der Waals surface area contributed by atoms with Crippen molar-refractivity contribution in [1.29, 1.82) is 0 Å². The zero-order valence-corrected chi connectivity index (χ0v) is 14.2. The largest absolute Gasteiger partial charge is 0.495 e. The van der Waals surface area contributed by atoms with Crippen molar-refractivity contribution < 1.29 is 22.3 Å². The van der Waals surface area contributed by atoms with Crippen LogP contribution in [0.25, 0.3) is 0 Å². The minimum atomic E-state index is -4.01. The molecule has 0 spiro atoms. The minimum Gasteiger partial charge on any atom is -0.495 e. The van der Waals surface area contributed by atoms with Crippen LogP contribution in [0.2, 0.25) is 0 Å². The molecular weight excluding hydrogens is 333 g/mol. The monoisotopic (exact) mass is 351 g/mol. The van der Waals surface area contributed by atoms with Gasteiger partial charge in [-0.25, -0.2) is 12.8 Å². The van der Waals surface area contributed by atoms with Gasteiger partial charge >= 0.3 is 0 Å². The molecule has 0 aliphatic heterocycles. The maximum absolute atomic E-state index is 13.9. The number of halogens is 1. The van der Waals surface area contributed by atoms with Gasteiger partial charge in [-0.15, -0.1) is 6.58 Å². The summed E-state index contributed by atoms with van der Waals surface area (Å²) in [7, 11) is -1.25. The molecule has 0 aliphatic carbocycles. The highest BCUT2D eigenvalue weighted by molar-refractivity contribution is 7.92. The Kier molecular flexibility index (Phi) is 5.46. The molecular formula is C17H18FNO4S. The molecule has 0 fully saturated rings. The van der Waals surface area contributed by atoms with Gasteiger partial charge in [-0.2, -0.15) is 0 Å². The fourth-order valence-corrected chi connectivity index (χ4v) is 3.67. The van der Waals surface area contributed by atoms with E-state index in [0.717, 1.165) is 10.4 Å². The van der Waals surface area contributed by atoms with Crippen LogP contribution >= 0.6 is 0 Å². The number of para-hydroxylation sites is 2. The van der Waals surface area contributed by atoms with Crippen molar-refractivity contribution >= 4 is 15.7 Å². The Hall–Kier alpha value is -2.54. The van der Waals surface area contributed by atoms with Gasteiger partial charge in [0.25, 0.3) is 10.0 Å². The molecule has 0 amide bonds. The van der Waals surface area contributed by atoms with Crippen LogP contribution in [0.15, 0.2) is 60.0 Å². The molecule has 0 bridgehead atoms. The number of sulfonamides is 1. The smallest absolute Gasteiger partial charge is 0.264 e. The van der Waals surface area contributed by atoms with Crippen LogP contribution in [0.3, 0.4) is 0 Å². The number of ether oxygens (including phenoxy) is 2. The standard InChI is InChI=1S/C17H18FNO4S/c1-4-11-19(15-7-5-6-8-17(15)23-3)24(20,21)13-9-10-16(22-2)14(18)12-13/h4-10,12H,1,11H2,2-3H3. The third kappa shape index (κ3) is 3.35. The van der Waals surface area contributed by atoms with Crippen molar-refractivity contribution in [1.82, 2.24) is 0 Å². The summed E-state index contributed by atoms with van der Waals surface area (Å²) in [4.78, 5) is -0.187. The van der Waals surface area contributed by atoms with Gasteiger partial charge in [0.15, 0.2) is 11.6 Å². The Morgan fingerprint density at radius 1 is 1.12 bits per heavy atom. The summed E-state index contributed by atoms with van der Waals surface area (Å²) in [6.45, 7) is 3.60. The van der Waals surface area contributed by atoms with E-state index in [1.807, 2.05) is 0 Å². The van der Waals surface area contributed by atoms with Crippen molar-refractivity contribution in [3.8, 4) is 11.5 Å². The molecule has 0 N–H and O–H groups in total. The Balaban J connectivity index is 2.57. The first kappa shape index (κ1) is 17.8. The topological polar surface area (TPSA) is 55.8 Å². The third-order valence-electron chi connectivity index (χ3n) is 3.36. The molecule has 24 heavy (non-hydrogen) atoms. The van der Waals surface area contributed by atoms with Crippen LogP contribution in [-0.2, 0) is 10.0 Å². The molecule has 0 aromatic heterocycles. The van der Waals surface area contributed by atoms with E-state index in [-0.39, 0.29) is 17.2 Å². The zero-order valence-electron chi connectivity index (χ0n) is 13.4. The maximum Gasteiger partial charge on any atom is 0.264 e. The van der Waals surface area contributed by atoms with E-state index < -0.39 is 15.8 Å². The minimum absolute atomic E-state index is 0.0103. The third-order valence-corrected chi connectivity index (χ3v) is 5.14. The summed E-state index contributed by atoms with van der Waals surface area (Å²) < 4.78 is 51.0. The van der Waals surface area contributed by atoms with Crippen molar-refractivity contribution in [2.75, 3.05) is 25.1 Å². The van der Waals surface area contributed by atoms with E-state index in [1.54, 1.807) is 24.3 Å². The summed E-state index contributed by atoms with van der Waals surface area (Å²) >= 11 is 0. The molecule has 2 rings (SSSR count). The van der Waals surface area contributed by atoms with Gasteiger partial charge in [0.1, 0.15) is 5.75 Å². The van der Waals surface area contributed by atoms with Gasteiger partial charge in [0, 0.05) is 0 Å². The van der Waals surface area contributed by atoms with E-state index in [1.165, 1.54) is 32.4 Å². The van der Waals surface area contributed by atoms with Gasteiger partial charge in [-0.3, -0.25) is 4.31 Å². The second-order valence-electron chi connectivity index (χ2n) is 4.79. The fourth-order valence-electron chi connectivity index (χ4n) is 2.21. The van der Waals surface area contributed by atoms with Gasteiger partial charge in [-0.05, 0) is 30.3 Å². The maximum atomic E-state index is 13.9. The van der Waals surface area contributed by atoms with Crippen molar-refractivity contribution in [2.45, 2.75) is 4.90 Å². The Bertz CT molecular complexity index is 836. The molecule has 0 unspecified atom stereocenters. The average Bonchev–Trinajstić information content (AvgIpc) is 2.59. The van der Waals surface area contributed by atoms with Gasteiger partial charge in [0.2, 0.25) is 0 Å². The molecule has 2 aromatic carbocycles. The summed E-state index contributed by atoms with van der Waals surface area (Å²) in [5.74, 6) is -0.393. The van der Waals surface area contributed by atoms with Gasteiger partial charge in [0.05, 0.1) is 31.3 Å². The molecule has 7 heteroatoms. The van der Waals surface area contributed by atoms with E-state index in [0.29, 0.717) is 11.4 Å². The van der Waals surface area contributed by atoms with Crippen LogP contribution in [0, 0.1) is 5.82 Å². The molecule has 0 aliphatic rings. The Labute approximate surface area is 141 Å². The summed E-state index contributed by atoms with van der Waals surface area (Å²) in [6.07, 6.45) is 1.45. The van der Waals surface area contributed by atoms with Gasteiger partial charge < -0.3 is 9.47 Å². The van der Waals surface area contributed by atoms with Crippen LogP contribution < -0.4 is 13.8 Å². The molecule has 0 saturated heterocycles. The Morgan fingerprint density at radius 2 is 1.79 bits per heavy atom. The summed E-state index contributed by atoms with van der Waals surface area (Å²) in [6, 6.07) is 10.2. The second-order valence-corrected chi connectivity index (χ2v) is 6.66. The molecule has 2 aromatic rings.